The number of benzene rings is 2. The van der Waals surface area contributed by atoms with Crippen LogP contribution in [-0.2, 0) is 6.54 Å². The number of fused-ring (bicyclic) bond motifs is 1. The van der Waals surface area contributed by atoms with Gasteiger partial charge in [0, 0.05) is 55.4 Å². The number of aryl methyl sites for hydroxylation is 1. The van der Waals surface area contributed by atoms with E-state index in [1.165, 1.54) is 72.8 Å². The average molecular weight is 470 g/mol. The zero-order chi connectivity index (χ0) is 23.7. The van der Waals surface area contributed by atoms with Crippen molar-refractivity contribution in [3.05, 3.63) is 70.4 Å². The molecule has 182 valence electrons. The van der Waals surface area contributed by atoms with Gasteiger partial charge in [0.2, 0.25) is 0 Å². The largest absolute Gasteiger partial charge is 0.478 e. The number of carboxylic acid groups (broad SMARTS) is 1. The molecule has 0 radical (unpaired) electrons. The molecular weight excluding hydrogens is 434 g/mol. The number of nitrogens with one attached hydrogen (secondary N) is 1. The Labute approximate surface area is 207 Å². The van der Waals surface area contributed by atoms with Crippen molar-refractivity contribution in [2.24, 2.45) is 5.41 Å². The zero-order valence-corrected chi connectivity index (χ0v) is 20.6. The van der Waals surface area contributed by atoms with Crippen molar-refractivity contribution in [2.45, 2.75) is 70.0 Å². The van der Waals surface area contributed by atoms with Crippen LogP contribution in [0.5, 0.6) is 0 Å². The highest BCUT2D eigenvalue weighted by Crippen LogP contribution is 2.54. The van der Waals surface area contributed by atoms with Gasteiger partial charge in [0.25, 0.3) is 0 Å². The Morgan fingerprint density at radius 1 is 1.11 bits per heavy atom. The predicted molar refractivity (Wildman–Crippen MR) is 138 cm³/mol. The number of piperidine rings is 1. The van der Waals surface area contributed by atoms with E-state index >= 15 is 0 Å². The lowest BCUT2D eigenvalue weighted by atomic mass is 9.85. The third-order valence-electron chi connectivity index (χ3n) is 9.34. The molecule has 3 aromatic rings. The van der Waals surface area contributed by atoms with Crippen LogP contribution in [0.25, 0.3) is 10.9 Å². The minimum Gasteiger partial charge on any atom is -0.478 e. The van der Waals surface area contributed by atoms with E-state index in [1.54, 1.807) is 17.7 Å². The van der Waals surface area contributed by atoms with E-state index in [2.05, 4.69) is 52.2 Å². The Kier molecular flexibility index (Phi) is 4.91. The highest BCUT2D eigenvalue weighted by atomic mass is 16.4. The number of aromatic amines is 1. The third kappa shape index (κ3) is 3.80. The maximum atomic E-state index is 11.5. The van der Waals surface area contributed by atoms with Gasteiger partial charge in [-0.25, -0.2) is 4.79 Å². The van der Waals surface area contributed by atoms with E-state index in [9.17, 15) is 9.90 Å². The molecule has 2 unspecified atom stereocenters. The smallest absolute Gasteiger partial charge is 0.335 e. The van der Waals surface area contributed by atoms with Crippen molar-refractivity contribution in [2.75, 3.05) is 19.6 Å². The van der Waals surface area contributed by atoms with Gasteiger partial charge in [-0.05, 0) is 97.2 Å². The molecule has 2 saturated carbocycles. The zero-order valence-electron chi connectivity index (χ0n) is 20.6. The van der Waals surface area contributed by atoms with Crippen LogP contribution in [0.3, 0.4) is 0 Å². The minimum absolute atomic E-state index is 0.315. The molecule has 2 atom stereocenters. The van der Waals surface area contributed by atoms with Crippen molar-refractivity contribution in [1.82, 2.24) is 14.8 Å². The minimum atomic E-state index is -0.853. The number of aromatic carboxylic acids is 1. The van der Waals surface area contributed by atoms with Gasteiger partial charge in [0.1, 0.15) is 0 Å². The molecule has 0 bridgehead atoms. The first-order chi connectivity index (χ1) is 17.0. The molecule has 5 nitrogen and oxygen atoms in total. The van der Waals surface area contributed by atoms with E-state index in [4.69, 9.17) is 0 Å². The van der Waals surface area contributed by atoms with Crippen molar-refractivity contribution in [1.29, 1.82) is 0 Å². The number of rotatable bonds is 6. The quantitative estimate of drug-likeness (QED) is 0.475. The van der Waals surface area contributed by atoms with Gasteiger partial charge in [-0.15, -0.1) is 0 Å². The van der Waals surface area contributed by atoms with Gasteiger partial charge in [-0.3, -0.25) is 9.80 Å². The second kappa shape index (κ2) is 7.94. The van der Waals surface area contributed by atoms with Gasteiger partial charge in [-0.2, -0.15) is 0 Å². The van der Waals surface area contributed by atoms with Gasteiger partial charge in [0.15, 0.2) is 0 Å². The molecule has 2 aliphatic carbocycles. The molecule has 0 amide bonds. The average Bonchev–Trinajstić information content (AvgIpc) is 3.77. The predicted octanol–water partition coefficient (Wildman–Crippen LogP) is 5.85. The highest BCUT2D eigenvalue weighted by molar-refractivity contribution is 5.88. The SMILES string of the molecule is Cc1cc(C2CC2)c(CN2CCC(N3CC4(CC4)C3)CC2c2ccc(C(=O)O)cc2)c2cc[nH]c12. The second-order valence-electron chi connectivity index (χ2n) is 11.8. The molecule has 1 aromatic heterocycles. The summed E-state index contributed by atoms with van der Waals surface area (Å²) in [5.74, 6) is -0.140. The summed E-state index contributed by atoms with van der Waals surface area (Å²) in [6.45, 7) is 6.85. The Bertz CT molecular complexity index is 1280. The summed E-state index contributed by atoms with van der Waals surface area (Å²) in [5, 5.41) is 10.8. The first-order valence-corrected chi connectivity index (χ1v) is 13.4. The lowest BCUT2D eigenvalue weighted by Gasteiger charge is -2.50. The van der Waals surface area contributed by atoms with Crippen LogP contribution in [0, 0.1) is 12.3 Å². The number of H-pyrrole nitrogens is 1. The van der Waals surface area contributed by atoms with Crippen LogP contribution in [0.15, 0.2) is 42.6 Å². The summed E-state index contributed by atoms with van der Waals surface area (Å²) >= 11 is 0. The first-order valence-electron chi connectivity index (χ1n) is 13.4. The van der Waals surface area contributed by atoms with Crippen molar-refractivity contribution < 1.29 is 9.90 Å². The van der Waals surface area contributed by atoms with Crippen LogP contribution in [0.4, 0.5) is 0 Å². The highest BCUT2D eigenvalue weighted by Gasteiger charge is 2.54. The molecular formula is C30H35N3O2. The molecule has 2 aromatic carbocycles. The van der Waals surface area contributed by atoms with E-state index in [1.807, 2.05) is 0 Å². The molecule has 2 saturated heterocycles. The van der Waals surface area contributed by atoms with Crippen molar-refractivity contribution in [3.63, 3.8) is 0 Å². The third-order valence-corrected chi connectivity index (χ3v) is 9.34. The topological polar surface area (TPSA) is 59.6 Å². The van der Waals surface area contributed by atoms with E-state index in [0.717, 1.165) is 19.5 Å². The molecule has 3 heterocycles. The maximum absolute atomic E-state index is 11.5. The Balaban J connectivity index is 1.21. The van der Waals surface area contributed by atoms with Crippen molar-refractivity contribution >= 4 is 16.9 Å². The summed E-state index contributed by atoms with van der Waals surface area (Å²) < 4.78 is 0. The van der Waals surface area contributed by atoms with Crippen LogP contribution in [0.1, 0.15) is 83.1 Å². The van der Waals surface area contributed by atoms with Crippen LogP contribution in [-0.4, -0.2) is 51.5 Å². The van der Waals surface area contributed by atoms with E-state index < -0.39 is 5.97 Å². The standard InChI is InChI=1S/C30H35N3O2/c1-19-14-25(20-2-3-20)26(24-8-12-31-28(19)24)16-32-13-9-23(33-17-30(18-33)10-11-30)15-27(32)21-4-6-22(7-5-21)29(34)35/h4-8,12,14,20,23,27,31H,2-3,9-11,13,15-18H2,1H3,(H,34,35). The summed E-state index contributed by atoms with van der Waals surface area (Å²) in [5.41, 5.74) is 7.98. The number of hydrogen-bond donors (Lipinski definition) is 2. The fraction of sp³-hybridized carbons (Fsp3) is 0.500. The number of nitrogens with zero attached hydrogens (tertiary/aromatic N) is 2. The van der Waals surface area contributed by atoms with Crippen LogP contribution < -0.4 is 0 Å². The van der Waals surface area contributed by atoms with Gasteiger partial charge in [-0.1, -0.05) is 18.2 Å². The lowest BCUT2D eigenvalue weighted by molar-refractivity contribution is -0.0130. The summed E-state index contributed by atoms with van der Waals surface area (Å²) in [6.07, 6.45) is 9.90. The molecule has 7 rings (SSSR count). The molecule has 4 aliphatic rings. The second-order valence-corrected chi connectivity index (χ2v) is 11.8. The van der Waals surface area contributed by atoms with E-state index in [0.29, 0.717) is 29.0 Å². The van der Waals surface area contributed by atoms with Crippen molar-refractivity contribution in [3.8, 4) is 0 Å². The van der Waals surface area contributed by atoms with Gasteiger partial charge >= 0.3 is 5.97 Å². The Morgan fingerprint density at radius 3 is 2.57 bits per heavy atom. The molecule has 35 heavy (non-hydrogen) atoms. The fourth-order valence-corrected chi connectivity index (χ4v) is 6.91. The van der Waals surface area contributed by atoms with Gasteiger partial charge < -0.3 is 10.1 Å². The number of likely N-dealkylation sites (tertiary alicyclic amines) is 2. The number of aromatic nitrogens is 1. The molecule has 4 fully saturated rings. The van der Waals surface area contributed by atoms with Crippen LogP contribution in [0.2, 0.25) is 0 Å². The Morgan fingerprint density at radius 2 is 1.89 bits per heavy atom. The van der Waals surface area contributed by atoms with Gasteiger partial charge in [0.05, 0.1) is 5.56 Å². The molecule has 1 spiro atoms. The number of carbonyl (C=O) groups is 1. The Hall–Kier alpha value is -2.63. The molecule has 2 N–H and O–H groups in total. The molecule has 2 aliphatic heterocycles. The van der Waals surface area contributed by atoms with Crippen LogP contribution >= 0.6 is 0 Å². The summed E-state index contributed by atoms with van der Waals surface area (Å²) in [4.78, 5) is 20.4. The monoisotopic (exact) mass is 469 g/mol. The summed E-state index contributed by atoms with van der Waals surface area (Å²) in [6, 6.07) is 13.3. The maximum Gasteiger partial charge on any atom is 0.335 e. The first kappa shape index (κ1) is 21.6. The summed E-state index contributed by atoms with van der Waals surface area (Å²) in [7, 11) is 0. The fourth-order valence-electron chi connectivity index (χ4n) is 6.91. The number of hydrogen-bond acceptors (Lipinski definition) is 3. The molecule has 5 heteroatoms. The normalized spacial score (nSPS) is 26.2. The van der Waals surface area contributed by atoms with E-state index in [-0.39, 0.29) is 0 Å². The number of carboxylic acids is 1. The lowest BCUT2D eigenvalue weighted by Crippen LogP contribution is -2.56.